The van der Waals surface area contributed by atoms with E-state index in [1.165, 1.54) is 6.07 Å². The molecule has 1 amide bonds. The zero-order chi connectivity index (χ0) is 22.0. The fraction of sp³-hybridized carbons (Fsp3) is 0.318. The van der Waals surface area contributed by atoms with E-state index in [1.807, 2.05) is 11.8 Å². The van der Waals surface area contributed by atoms with E-state index in [0.29, 0.717) is 18.1 Å². The summed E-state index contributed by atoms with van der Waals surface area (Å²) in [4.78, 5) is 22.7. The molecule has 4 rings (SSSR count). The van der Waals surface area contributed by atoms with Crippen LogP contribution in [0.1, 0.15) is 42.3 Å². The summed E-state index contributed by atoms with van der Waals surface area (Å²) in [6.45, 7) is 2.66. The van der Waals surface area contributed by atoms with E-state index in [1.54, 1.807) is 30.6 Å². The predicted octanol–water partition coefficient (Wildman–Crippen LogP) is 5.39. The van der Waals surface area contributed by atoms with Crippen molar-refractivity contribution in [2.45, 2.75) is 38.4 Å². The fourth-order valence-electron chi connectivity index (χ4n) is 3.66. The number of piperidine rings is 1. The molecule has 1 aliphatic heterocycles. The lowest BCUT2D eigenvalue weighted by Crippen LogP contribution is -2.38. The smallest absolute Gasteiger partial charge is 0.417 e. The van der Waals surface area contributed by atoms with Gasteiger partial charge in [-0.05, 0) is 56.5 Å². The Hall–Kier alpha value is -3.36. The van der Waals surface area contributed by atoms with Crippen molar-refractivity contribution in [2.75, 3.05) is 16.8 Å². The van der Waals surface area contributed by atoms with E-state index < -0.39 is 17.6 Å². The zero-order valence-corrected chi connectivity index (χ0v) is 16.8. The maximum atomic E-state index is 13.3. The number of hydrogen-bond acceptors (Lipinski definition) is 5. The maximum Gasteiger partial charge on any atom is 0.417 e. The maximum absolute atomic E-state index is 13.3. The summed E-state index contributed by atoms with van der Waals surface area (Å²) >= 11 is 0. The summed E-state index contributed by atoms with van der Waals surface area (Å²) in [5.41, 5.74) is -0.179. The van der Waals surface area contributed by atoms with E-state index in [2.05, 4.69) is 15.3 Å². The number of hydrogen-bond donors (Lipinski definition) is 1. The third-order valence-corrected chi connectivity index (χ3v) is 5.31. The lowest BCUT2D eigenvalue weighted by molar-refractivity contribution is -0.137. The van der Waals surface area contributed by atoms with E-state index in [-0.39, 0.29) is 17.5 Å². The molecule has 3 aromatic rings. The van der Waals surface area contributed by atoms with Gasteiger partial charge in [0.25, 0.3) is 5.91 Å². The molecule has 4 heterocycles. The third kappa shape index (κ3) is 4.55. The van der Waals surface area contributed by atoms with Gasteiger partial charge in [0.15, 0.2) is 11.6 Å². The lowest BCUT2D eigenvalue weighted by Gasteiger charge is -2.35. The molecule has 1 saturated heterocycles. The normalized spacial score (nSPS) is 16.9. The first-order valence-corrected chi connectivity index (χ1v) is 9.98. The molecule has 0 radical (unpaired) electrons. The Morgan fingerprint density at radius 1 is 1.19 bits per heavy atom. The highest BCUT2D eigenvalue weighted by Crippen LogP contribution is 2.36. The van der Waals surface area contributed by atoms with Crippen LogP contribution in [0.4, 0.5) is 24.7 Å². The Balaban J connectivity index is 1.64. The van der Waals surface area contributed by atoms with Crippen LogP contribution >= 0.6 is 0 Å². The summed E-state index contributed by atoms with van der Waals surface area (Å²) in [6.07, 6.45) is 2.29. The summed E-state index contributed by atoms with van der Waals surface area (Å²) < 4.78 is 45.5. The number of alkyl halides is 3. The number of aromatic nitrogens is 2. The van der Waals surface area contributed by atoms with Crippen molar-refractivity contribution >= 4 is 17.4 Å². The van der Waals surface area contributed by atoms with Crippen molar-refractivity contribution in [3.8, 4) is 11.3 Å². The van der Waals surface area contributed by atoms with Gasteiger partial charge in [0.2, 0.25) is 0 Å². The molecule has 0 aliphatic carbocycles. The van der Waals surface area contributed by atoms with E-state index >= 15 is 0 Å². The van der Waals surface area contributed by atoms with Gasteiger partial charge in [0.05, 0.1) is 11.3 Å². The summed E-state index contributed by atoms with van der Waals surface area (Å²) in [7, 11) is 0. The number of carbonyl (C=O) groups excluding carboxylic acids is 1. The summed E-state index contributed by atoms with van der Waals surface area (Å²) in [6, 6.07) is 7.60. The van der Waals surface area contributed by atoms with Gasteiger partial charge in [-0.1, -0.05) is 0 Å². The number of pyridine rings is 2. The first-order valence-electron chi connectivity index (χ1n) is 9.98. The number of nitrogens with one attached hydrogen (secondary N) is 1. The van der Waals surface area contributed by atoms with Crippen LogP contribution in [0.5, 0.6) is 0 Å². The van der Waals surface area contributed by atoms with Crippen LogP contribution in [0.3, 0.4) is 0 Å². The van der Waals surface area contributed by atoms with Crippen molar-refractivity contribution in [1.82, 2.24) is 9.97 Å². The van der Waals surface area contributed by atoms with Crippen LogP contribution in [0.25, 0.3) is 11.3 Å². The van der Waals surface area contributed by atoms with E-state index in [0.717, 1.165) is 37.1 Å². The standard InChI is InChI=1S/C22H21F3N4O2/c1-14-4-2-3-11-29(14)20-17(12-16(13-27-20)22(23,24)25)28-21(30)19-6-5-18(31-19)15-7-9-26-10-8-15/h5-10,12-14H,2-4,11H2,1H3,(H,28,30)/t14-/m1/s1. The molecule has 0 saturated carbocycles. The average molecular weight is 430 g/mol. The van der Waals surface area contributed by atoms with Crippen molar-refractivity contribution in [3.63, 3.8) is 0 Å². The fourth-order valence-corrected chi connectivity index (χ4v) is 3.66. The van der Waals surface area contributed by atoms with Crippen molar-refractivity contribution in [2.24, 2.45) is 0 Å². The highest BCUT2D eigenvalue weighted by molar-refractivity contribution is 6.04. The molecule has 0 spiro atoms. The average Bonchev–Trinajstić information content (AvgIpc) is 3.25. The SMILES string of the molecule is C[C@@H]1CCCCN1c1ncc(C(F)(F)F)cc1NC(=O)c1ccc(-c2ccncc2)o1. The minimum atomic E-state index is -4.57. The second-order valence-electron chi connectivity index (χ2n) is 7.49. The molecule has 1 fully saturated rings. The van der Waals surface area contributed by atoms with Gasteiger partial charge < -0.3 is 14.6 Å². The number of rotatable bonds is 4. The Bertz CT molecular complexity index is 1070. The van der Waals surface area contributed by atoms with Crippen molar-refractivity contribution in [1.29, 1.82) is 0 Å². The Morgan fingerprint density at radius 2 is 1.97 bits per heavy atom. The number of anilines is 2. The Morgan fingerprint density at radius 3 is 2.68 bits per heavy atom. The topological polar surface area (TPSA) is 71.3 Å². The largest absolute Gasteiger partial charge is 0.451 e. The number of halogens is 3. The molecule has 6 nitrogen and oxygen atoms in total. The van der Waals surface area contributed by atoms with Crippen LogP contribution in [-0.4, -0.2) is 28.5 Å². The molecular formula is C22H21F3N4O2. The molecule has 0 aromatic carbocycles. The van der Waals surface area contributed by atoms with Gasteiger partial charge in [-0.2, -0.15) is 13.2 Å². The number of amides is 1. The molecule has 1 atom stereocenters. The minimum Gasteiger partial charge on any atom is -0.451 e. The number of carbonyl (C=O) groups is 1. The lowest BCUT2D eigenvalue weighted by atomic mass is 10.0. The molecule has 1 N–H and O–H groups in total. The monoisotopic (exact) mass is 430 g/mol. The molecule has 0 unspecified atom stereocenters. The van der Waals surface area contributed by atoms with Crippen LogP contribution in [0.2, 0.25) is 0 Å². The highest BCUT2D eigenvalue weighted by atomic mass is 19.4. The first-order chi connectivity index (χ1) is 14.8. The predicted molar refractivity (Wildman–Crippen MR) is 110 cm³/mol. The Kier molecular flexibility index (Phi) is 5.67. The summed E-state index contributed by atoms with van der Waals surface area (Å²) in [5.74, 6) is 0.128. The second kappa shape index (κ2) is 8.41. The van der Waals surface area contributed by atoms with Gasteiger partial charge >= 0.3 is 6.18 Å². The molecule has 9 heteroatoms. The zero-order valence-electron chi connectivity index (χ0n) is 16.8. The second-order valence-corrected chi connectivity index (χ2v) is 7.49. The van der Waals surface area contributed by atoms with Crippen LogP contribution < -0.4 is 10.2 Å². The van der Waals surface area contributed by atoms with Gasteiger partial charge in [0.1, 0.15) is 5.76 Å². The van der Waals surface area contributed by atoms with Crippen molar-refractivity contribution < 1.29 is 22.4 Å². The van der Waals surface area contributed by atoms with Gasteiger partial charge in [-0.15, -0.1) is 0 Å². The van der Waals surface area contributed by atoms with Gasteiger partial charge in [-0.3, -0.25) is 9.78 Å². The Labute approximate surface area is 177 Å². The molecule has 162 valence electrons. The molecule has 0 bridgehead atoms. The van der Waals surface area contributed by atoms with Crippen molar-refractivity contribution in [3.05, 3.63) is 60.2 Å². The van der Waals surface area contributed by atoms with Crippen LogP contribution in [-0.2, 0) is 6.18 Å². The third-order valence-electron chi connectivity index (χ3n) is 5.31. The van der Waals surface area contributed by atoms with E-state index in [9.17, 15) is 18.0 Å². The quantitative estimate of drug-likeness (QED) is 0.601. The van der Waals surface area contributed by atoms with Gasteiger partial charge in [-0.25, -0.2) is 4.98 Å². The summed E-state index contributed by atoms with van der Waals surface area (Å²) in [5, 5.41) is 2.57. The van der Waals surface area contributed by atoms with E-state index in [4.69, 9.17) is 4.42 Å². The molecular weight excluding hydrogens is 409 g/mol. The minimum absolute atomic E-state index is 0.00966. The first kappa shape index (κ1) is 20.9. The highest BCUT2D eigenvalue weighted by Gasteiger charge is 2.33. The molecule has 3 aromatic heterocycles. The molecule has 1 aliphatic rings. The van der Waals surface area contributed by atoms with Crippen LogP contribution in [0, 0.1) is 0 Å². The molecule has 31 heavy (non-hydrogen) atoms. The van der Waals surface area contributed by atoms with Crippen LogP contribution in [0.15, 0.2) is 53.3 Å². The number of nitrogens with zero attached hydrogens (tertiary/aromatic N) is 3. The number of furan rings is 1. The van der Waals surface area contributed by atoms with Gasteiger partial charge in [0, 0.05) is 36.7 Å².